The molecular weight excluding hydrogens is 218 g/mol. The third-order valence-electron chi connectivity index (χ3n) is 2.10. The second kappa shape index (κ2) is 5.34. The third-order valence-corrected chi connectivity index (χ3v) is 3.19. The number of hydrogen-bond donors (Lipinski definition) is 2. The summed E-state index contributed by atoms with van der Waals surface area (Å²) in [6.07, 6.45) is 5.31. The first kappa shape index (κ1) is 11.5. The van der Waals surface area contributed by atoms with Crippen molar-refractivity contribution in [1.82, 2.24) is 10.3 Å². The molecule has 0 radical (unpaired) electrons. The molecule has 0 aliphatic carbocycles. The van der Waals surface area contributed by atoms with Crippen LogP contribution in [-0.4, -0.2) is 25.1 Å². The van der Waals surface area contributed by atoms with Crippen LogP contribution in [0.15, 0.2) is 12.3 Å². The van der Waals surface area contributed by atoms with E-state index in [1.54, 1.807) is 11.3 Å². The van der Waals surface area contributed by atoms with Crippen LogP contribution in [0.1, 0.15) is 11.3 Å². The van der Waals surface area contributed by atoms with Crippen LogP contribution in [0.2, 0.25) is 0 Å². The van der Waals surface area contributed by atoms with Crippen LogP contribution in [0.3, 0.4) is 0 Å². The van der Waals surface area contributed by atoms with E-state index in [1.165, 1.54) is 10.5 Å². The molecule has 1 aromatic rings. The molecule has 2 heterocycles. The van der Waals surface area contributed by atoms with Crippen LogP contribution in [0, 0.1) is 0 Å². The lowest BCUT2D eigenvalue weighted by Gasteiger charge is -2.11. The molecule has 0 saturated carbocycles. The molecular formula is C9H14ClN3S. The van der Waals surface area contributed by atoms with Gasteiger partial charge in [-0.2, -0.15) is 0 Å². The van der Waals surface area contributed by atoms with E-state index in [9.17, 15) is 0 Å². The highest BCUT2D eigenvalue weighted by molar-refractivity contribution is 7.16. The third kappa shape index (κ3) is 2.47. The van der Waals surface area contributed by atoms with Crippen LogP contribution in [0.25, 0.3) is 5.57 Å². The Hall–Kier alpha value is -0.580. The van der Waals surface area contributed by atoms with Crippen molar-refractivity contribution in [3.05, 3.63) is 17.2 Å². The molecule has 1 aromatic heterocycles. The first-order valence-electron chi connectivity index (χ1n) is 4.44. The minimum absolute atomic E-state index is 0. The van der Waals surface area contributed by atoms with Gasteiger partial charge in [0, 0.05) is 19.8 Å². The Kier molecular flexibility index (Phi) is 4.38. The van der Waals surface area contributed by atoms with Gasteiger partial charge in [0.1, 0.15) is 0 Å². The van der Waals surface area contributed by atoms with Crippen molar-refractivity contribution in [1.29, 1.82) is 0 Å². The van der Waals surface area contributed by atoms with Gasteiger partial charge in [0.15, 0.2) is 5.13 Å². The normalized spacial score (nSPS) is 15.6. The molecule has 0 atom stereocenters. The minimum atomic E-state index is 0. The molecule has 0 spiro atoms. The lowest BCUT2D eigenvalue weighted by Crippen LogP contribution is -2.19. The number of hydrogen-bond acceptors (Lipinski definition) is 4. The molecule has 5 heteroatoms. The molecule has 2 rings (SSSR count). The number of rotatable bonds is 2. The summed E-state index contributed by atoms with van der Waals surface area (Å²) in [6, 6.07) is 0. The molecule has 0 bridgehead atoms. The zero-order chi connectivity index (χ0) is 9.10. The lowest BCUT2D eigenvalue weighted by atomic mass is 10.1. The highest BCUT2D eigenvalue weighted by Crippen LogP contribution is 2.27. The van der Waals surface area contributed by atoms with Crippen molar-refractivity contribution in [2.75, 3.05) is 25.5 Å². The number of nitrogens with zero attached hydrogens (tertiary/aromatic N) is 1. The van der Waals surface area contributed by atoms with Gasteiger partial charge >= 0.3 is 0 Å². The first-order valence-corrected chi connectivity index (χ1v) is 5.25. The minimum Gasteiger partial charge on any atom is -0.365 e. The fraction of sp³-hybridized carbons (Fsp3) is 0.444. The predicted molar refractivity (Wildman–Crippen MR) is 64.4 cm³/mol. The second-order valence-corrected chi connectivity index (χ2v) is 3.99. The van der Waals surface area contributed by atoms with Crippen LogP contribution in [-0.2, 0) is 0 Å². The van der Waals surface area contributed by atoms with E-state index >= 15 is 0 Å². The van der Waals surface area contributed by atoms with Gasteiger partial charge in [-0.15, -0.1) is 12.4 Å². The fourth-order valence-electron chi connectivity index (χ4n) is 1.38. The molecule has 14 heavy (non-hydrogen) atoms. The van der Waals surface area contributed by atoms with Gasteiger partial charge < -0.3 is 10.6 Å². The Morgan fingerprint density at radius 2 is 2.43 bits per heavy atom. The Morgan fingerprint density at radius 3 is 3.00 bits per heavy atom. The van der Waals surface area contributed by atoms with Crippen molar-refractivity contribution in [3.63, 3.8) is 0 Å². The summed E-state index contributed by atoms with van der Waals surface area (Å²) in [5.41, 5.74) is 1.43. The highest BCUT2D eigenvalue weighted by Gasteiger charge is 2.08. The predicted octanol–water partition coefficient (Wildman–Crippen LogP) is 1.98. The number of aromatic nitrogens is 1. The van der Waals surface area contributed by atoms with Crippen LogP contribution >= 0.6 is 23.7 Å². The Morgan fingerprint density at radius 1 is 1.57 bits per heavy atom. The van der Waals surface area contributed by atoms with Crippen LogP contribution in [0.4, 0.5) is 5.13 Å². The first-order chi connectivity index (χ1) is 6.40. The van der Waals surface area contributed by atoms with Crippen molar-refractivity contribution < 1.29 is 0 Å². The SMILES string of the molecule is CNc1ncc(C2=CCNCC2)s1.Cl. The zero-order valence-corrected chi connectivity index (χ0v) is 9.67. The van der Waals surface area contributed by atoms with Gasteiger partial charge in [-0.25, -0.2) is 4.98 Å². The van der Waals surface area contributed by atoms with E-state index in [-0.39, 0.29) is 12.4 Å². The van der Waals surface area contributed by atoms with E-state index < -0.39 is 0 Å². The summed E-state index contributed by atoms with van der Waals surface area (Å²) < 4.78 is 0. The summed E-state index contributed by atoms with van der Waals surface area (Å²) in [7, 11) is 1.90. The highest BCUT2D eigenvalue weighted by atomic mass is 35.5. The molecule has 0 fully saturated rings. The Bertz CT molecular complexity index is 322. The molecule has 0 saturated heterocycles. The van der Waals surface area contributed by atoms with Gasteiger partial charge in [-0.3, -0.25) is 0 Å². The monoisotopic (exact) mass is 231 g/mol. The van der Waals surface area contributed by atoms with Crippen LogP contribution in [0.5, 0.6) is 0 Å². The molecule has 0 unspecified atom stereocenters. The number of nitrogens with one attached hydrogen (secondary N) is 2. The number of halogens is 1. The summed E-state index contributed by atoms with van der Waals surface area (Å²) in [5.74, 6) is 0. The molecule has 2 N–H and O–H groups in total. The Labute approximate surface area is 94.0 Å². The summed E-state index contributed by atoms with van der Waals surface area (Å²) in [6.45, 7) is 2.07. The van der Waals surface area contributed by atoms with Gasteiger partial charge in [0.05, 0.1) is 4.88 Å². The van der Waals surface area contributed by atoms with Crippen LogP contribution < -0.4 is 10.6 Å². The van der Waals surface area contributed by atoms with Crippen molar-refractivity contribution in [2.45, 2.75) is 6.42 Å². The molecule has 1 aliphatic heterocycles. The quantitative estimate of drug-likeness (QED) is 0.818. The van der Waals surface area contributed by atoms with E-state index in [4.69, 9.17) is 0 Å². The average Bonchev–Trinajstić information content (AvgIpc) is 2.67. The summed E-state index contributed by atoms with van der Waals surface area (Å²) in [5, 5.41) is 7.34. The molecule has 1 aliphatic rings. The second-order valence-electron chi connectivity index (χ2n) is 2.96. The van der Waals surface area contributed by atoms with Gasteiger partial charge in [-0.05, 0) is 18.5 Å². The number of thiazole rings is 1. The molecule has 78 valence electrons. The fourth-order valence-corrected chi connectivity index (χ4v) is 2.22. The van der Waals surface area contributed by atoms with Gasteiger partial charge in [0.25, 0.3) is 0 Å². The molecule has 0 aromatic carbocycles. The zero-order valence-electron chi connectivity index (χ0n) is 8.04. The topological polar surface area (TPSA) is 37.0 Å². The maximum atomic E-state index is 4.26. The molecule has 3 nitrogen and oxygen atoms in total. The van der Waals surface area contributed by atoms with Crippen molar-refractivity contribution in [2.24, 2.45) is 0 Å². The lowest BCUT2D eigenvalue weighted by molar-refractivity contribution is 0.739. The standard InChI is InChI=1S/C9H13N3S.ClH/c1-10-9-12-6-8(13-9)7-2-4-11-5-3-7;/h2,6,11H,3-5H2,1H3,(H,10,12);1H. The van der Waals surface area contributed by atoms with Gasteiger partial charge in [0.2, 0.25) is 0 Å². The van der Waals surface area contributed by atoms with E-state index in [0.717, 1.165) is 24.6 Å². The number of anilines is 1. The van der Waals surface area contributed by atoms with E-state index in [1.807, 2.05) is 13.2 Å². The average molecular weight is 232 g/mol. The van der Waals surface area contributed by atoms with Crippen molar-refractivity contribution >= 4 is 34.4 Å². The molecule has 0 amide bonds. The van der Waals surface area contributed by atoms with Crippen molar-refractivity contribution in [3.8, 4) is 0 Å². The largest absolute Gasteiger partial charge is 0.365 e. The smallest absolute Gasteiger partial charge is 0.182 e. The van der Waals surface area contributed by atoms with Gasteiger partial charge in [-0.1, -0.05) is 17.4 Å². The summed E-state index contributed by atoms with van der Waals surface area (Å²) >= 11 is 1.72. The maximum absolute atomic E-state index is 4.26. The summed E-state index contributed by atoms with van der Waals surface area (Å²) in [4.78, 5) is 5.55. The van der Waals surface area contributed by atoms with E-state index in [2.05, 4.69) is 21.7 Å². The van der Waals surface area contributed by atoms with E-state index in [0.29, 0.717) is 0 Å². The Balaban J connectivity index is 0.000000980. The maximum Gasteiger partial charge on any atom is 0.182 e.